The van der Waals surface area contributed by atoms with E-state index in [1.807, 2.05) is 6.07 Å². The first-order valence-electron chi connectivity index (χ1n) is 8.61. The van der Waals surface area contributed by atoms with Gasteiger partial charge in [0.2, 0.25) is 0 Å². The third kappa shape index (κ3) is 6.25. The summed E-state index contributed by atoms with van der Waals surface area (Å²) < 4.78 is 27.6. The number of Topliss-reactive ketones (excluding diaryl/α,β-unsaturated/α-hetero) is 1. The number of hydrogen-bond donors (Lipinski definition) is 1. The van der Waals surface area contributed by atoms with Gasteiger partial charge in [-0.15, -0.1) is 24.8 Å². The minimum atomic E-state index is -0.476. The van der Waals surface area contributed by atoms with Crippen LogP contribution >= 0.6 is 24.8 Å². The van der Waals surface area contributed by atoms with Crippen molar-refractivity contribution in [1.29, 1.82) is 0 Å². The molecule has 148 valence electrons. The third-order valence-electron chi connectivity index (χ3n) is 4.69. The van der Waals surface area contributed by atoms with Crippen molar-refractivity contribution in [3.63, 3.8) is 0 Å². The van der Waals surface area contributed by atoms with Crippen LogP contribution in [0.5, 0.6) is 0 Å². The molecule has 1 atom stereocenters. The van der Waals surface area contributed by atoms with E-state index in [1.165, 1.54) is 18.2 Å². The maximum absolute atomic E-state index is 13.9. The van der Waals surface area contributed by atoms with Gasteiger partial charge in [-0.05, 0) is 30.2 Å². The first kappa shape index (κ1) is 23.5. The second-order valence-corrected chi connectivity index (χ2v) is 6.34. The highest BCUT2D eigenvalue weighted by atomic mass is 35.5. The van der Waals surface area contributed by atoms with Gasteiger partial charge >= 0.3 is 0 Å². The molecule has 1 heterocycles. The van der Waals surface area contributed by atoms with Crippen LogP contribution in [0, 0.1) is 11.6 Å². The first-order chi connectivity index (χ1) is 12.1. The lowest BCUT2D eigenvalue weighted by Gasteiger charge is -2.36. The number of piperazine rings is 1. The molecule has 1 aliphatic rings. The normalized spacial score (nSPS) is 16.9. The van der Waals surface area contributed by atoms with Crippen LogP contribution in [0.4, 0.5) is 8.78 Å². The molecule has 1 saturated heterocycles. The molecular weight excluding hydrogens is 393 g/mol. The lowest BCUT2D eigenvalue weighted by Crippen LogP contribution is -2.52. The molecule has 0 amide bonds. The fourth-order valence-corrected chi connectivity index (χ4v) is 3.28. The Kier molecular flexibility index (Phi) is 9.88. The van der Waals surface area contributed by atoms with Crippen LogP contribution in [0.2, 0.25) is 0 Å². The lowest BCUT2D eigenvalue weighted by atomic mass is 10.0. The number of carbonyl (C=O) groups excluding carboxylic acids is 1. The maximum Gasteiger partial charge on any atom is 0.167 e. The van der Waals surface area contributed by atoms with Gasteiger partial charge in [0.15, 0.2) is 5.78 Å². The number of ketones is 1. The highest BCUT2D eigenvalue weighted by Crippen LogP contribution is 2.16. The summed E-state index contributed by atoms with van der Waals surface area (Å²) in [6, 6.07) is 13.0. The van der Waals surface area contributed by atoms with E-state index in [9.17, 15) is 13.6 Å². The van der Waals surface area contributed by atoms with Gasteiger partial charge in [-0.2, -0.15) is 0 Å². The summed E-state index contributed by atoms with van der Waals surface area (Å²) in [5, 5.41) is 3.32. The van der Waals surface area contributed by atoms with Crippen LogP contribution < -0.4 is 5.32 Å². The van der Waals surface area contributed by atoms with E-state index in [1.54, 1.807) is 24.3 Å². The smallest absolute Gasteiger partial charge is 0.167 e. The number of nitrogens with zero attached hydrogens (tertiary/aromatic N) is 1. The van der Waals surface area contributed by atoms with E-state index in [0.29, 0.717) is 18.5 Å². The van der Waals surface area contributed by atoms with Crippen LogP contribution in [-0.2, 0) is 6.42 Å². The Morgan fingerprint density at radius 1 is 1.04 bits per heavy atom. The summed E-state index contributed by atoms with van der Waals surface area (Å²) in [7, 11) is 0. The number of halogens is 4. The van der Waals surface area contributed by atoms with Gasteiger partial charge < -0.3 is 5.32 Å². The molecule has 1 N–H and O–H groups in total. The Balaban J connectivity index is 0.00000182. The van der Waals surface area contributed by atoms with E-state index in [2.05, 4.69) is 10.2 Å². The molecule has 0 bridgehead atoms. The molecule has 0 saturated carbocycles. The van der Waals surface area contributed by atoms with Crippen molar-refractivity contribution in [1.82, 2.24) is 10.2 Å². The number of benzene rings is 2. The molecule has 2 aromatic carbocycles. The van der Waals surface area contributed by atoms with Crippen molar-refractivity contribution in [3.8, 4) is 0 Å². The topological polar surface area (TPSA) is 32.3 Å². The molecule has 0 aliphatic carbocycles. The summed E-state index contributed by atoms with van der Waals surface area (Å²) in [6.45, 7) is 2.93. The molecule has 0 radical (unpaired) electrons. The van der Waals surface area contributed by atoms with Crippen molar-refractivity contribution >= 4 is 30.6 Å². The molecule has 3 nitrogen and oxygen atoms in total. The predicted molar refractivity (Wildman–Crippen MR) is 108 cm³/mol. The number of rotatable bonds is 6. The van der Waals surface area contributed by atoms with Crippen molar-refractivity contribution < 1.29 is 13.6 Å². The van der Waals surface area contributed by atoms with E-state index in [4.69, 9.17) is 0 Å². The summed E-state index contributed by atoms with van der Waals surface area (Å²) in [4.78, 5) is 14.5. The summed E-state index contributed by atoms with van der Waals surface area (Å²) in [6.07, 6.45) is 0.849. The Morgan fingerprint density at radius 3 is 2.41 bits per heavy atom. The Hall–Kier alpha value is -1.53. The summed E-state index contributed by atoms with van der Waals surface area (Å²) >= 11 is 0. The lowest BCUT2D eigenvalue weighted by molar-refractivity contribution is 0.0931. The van der Waals surface area contributed by atoms with Crippen molar-refractivity contribution in [2.75, 3.05) is 26.2 Å². The number of hydrogen-bond acceptors (Lipinski definition) is 3. The number of carbonyl (C=O) groups is 1. The Labute approximate surface area is 171 Å². The highest BCUT2D eigenvalue weighted by molar-refractivity contribution is 5.96. The average Bonchev–Trinajstić information content (AvgIpc) is 2.63. The van der Waals surface area contributed by atoms with Crippen molar-refractivity contribution in [2.45, 2.75) is 18.9 Å². The van der Waals surface area contributed by atoms with E-state index < -0.39 is 5.82 Å². The van der Waals surface area contributed by atoms with Crippen LogP contribution in [-0.4, -0.2) is 42.9 Å². The second kappa shape index (κ2) is 11.3. The quantitative estimate of drug-likeness (QED) is 0.724. The van der Waals surface area contributed by atoms with Crippen LogP contribution in [0.1, 0.15) is 22.3 Å². The Bertz CT molecular complexity index is 745. The summed E-state index contributed by atoms with van der Waals surface area (Å²) in [5.74, 6) is -0.868. The first-order valence-corrected chi connectivity index (χ1v) is 8.61. The van der Waals surface area contributed by atoms with Gasteiger partial charge in [0.05, 0.1) is 5.56 Å². The number of nitrogens with one attached hydrogen (secondary N) is 1. The molecule has 1 aliphatic heterocycles. The molecule has 1 fully saturated rings. The molecule has 0 spiro atoms. The van der Waals surface area contributed by atoms with Crippen molar-refractivity contribution in [3.05, 3.63) is 71.3 Å². The fraction of sp³-hybridized carbons (Fsp3) is 0.350. The van der Waals surface area contributed by atoms with E-state index in [-0.39, 0.29) is 54.4 Å². The third-order valence-corrected chi connectivity index (χ3v) is 4.69. The molecule has 0 aromatic heterocycles. The average molecular weight is 417 g/mol. The zero-order valence-corrected chi connectivity index (χ0v) is 16.5. The SMILES string of the molecule is Cl.Cl.O=C(CCN1CCNCC1Cc1ccccc1F)c1ccccc1F. The summed E-state index contributed by atoms with van der Waals surface area (Å²) in [5.41, 5.74) is 0.824. The van der Waals surface area contributed by atoms with Gasteiger partial charge in [0.1, 0.15) is 11.6 Å². The highest BCUT2D eigenvalue weighted by Gasteiger charge is 2.24. The molecule has 2 aromatic rings. The molecule has 3 rings (SSSR count). The zero-order chi connectivity index (χ0) is 17.6. The molecule has 27 heavy (non-hydrogen) atoms. The van der Waals surface area contributed by atoms with Gasteiger partial charge in [0, 0.05) is 38.6 Å². The fourth-order valence-electron chi connectivity index (χ4n) is 3.28. The predicted octanol–water partition coefficient (Wildman–Crippen LogP) is 3.90. The standard InChI is InChI=1S/C20H22F2N2O.2ClH/c21-18-7-3-1-5-15(18)13-16-14-23-10-12-24(16)11-9-20(25)17-6-2-4-8-19(17)22;;/h1-8,16,23H,9-14H2;2*1H. The van der Waals surface area contributed by atoms with Gasteiger partial charge in [-0.25, -0.2) is 8.78 Å². The van der Waals surface area contributed by atoms with Crippen LogP contribution in [0.3, 0.4) is 0 Å². The molecule has 1 unspecified atom stereocenters. The van der Waals surface area contributed by atoms with Crippen molar-refractivity contribution in [2.24, 2.45) is 0 Å². The maximum atomic E-state index is 13.9. The largest absolute Gasteiger partial charge is 0.314 e. The minimum absolute atomic E-state index is 0. The molecule has 7 heteroatoms. The van der Waals surface area contributed by atoms with Gasteiger partial charge in [0.25, 0.3) is 0 Å². The van der Waals surface area contributed by atoms with E-state index >= 15 is 0 Å². The van der Waals surface area contributed by atoms with Gasteiger partial charge in [-0.3, -0.25) is 9.69 Å². The van der Waals surface area contributed by atoms with Crippen LogP contribution in [0.25, 0.3) is 0 Å². The minimum Gasteiger partial charge on any atom is -0.314 e. The van der Waals surface area contributed by atoms with E-state index in [0.717, 1.165) is 19.6 Å². The second-order valence-electron chi connectivity index (χ2n) is 6.34. The monoisotopic (exact) mass is 416 g/mol. The van der Waals surface area contributed by atoms with Crippen LogP contribution in [0.15, 0.2) is 48.5 Å². The van der Waals surface area contributed by atoms with Gasteiger partial charge in [-0.1, -0.05) is 30.3 Å². The molecular formula is C20H24Cl2F2N2O. The zero-order valence-electron chi connectivity index (χ0n) is 14.9. The Morgan fingerprint density at radius 2 is 1.70 bits per heavy atom.